The summed E-state index contributed by atoms with van der Waals surface area (Å²) in [5.74, 6) is 1.89. The van der Waals surface area contributed by atoms with Crippen LogP contribution in [0.1, 0.15) is 73.9 Å². The topological polar surface area (TPSA) is 372 Å². The second-order valence-electron chi connectivity index (χ2n) is 27.7. The van der Waals surface area contributed by atoms with Gasteiger partial charge in [0.25, 0.3) is 22.2 Å². The van der Waals surface area contributed by atoms with Crippen LogP contribution in [-0.2, 0) is 18.9 Å². The molecule has 8 aromatic heterocycles. The number of ether oxygens (including phenoxy) is 4. The van der Waals surface area contributed by atoms with Gasteiger partial charge in [0.05, 0.1) is 60.7 Å². The normalized spacial score (nSPS) is 27.9. The van der Waals surface area contributed by atoms with Crippen LogP contribution in [0.3, 0.4) is 0 Å². The number of imidazole rings is 4. The number of hydrogen-bond acceptors (Lipinski definition) is 20. The molecule has 0 bridgehead atoms. The van der Waals surface area contributed by atoms with E-state index in [0.29, 0.717) is 59.5 Å². The molecule has 528 valence electrons. The number of alkyl halides is 4. The van der Waals surface area contributed by atoms with Crippen LogP contribution in [0.2, 0.25) is 0 Å². The molecule has 36 heteroatoms. The minimum atomic E-state index is -1.61. The van der Waals surface area contributed by atoms with Crippen molar-refractivity contribution >= 4 is 137 Å². The highest BCUT2D eigenvalue weighted by atomic mass is 79.9. The highest BCUT2D eigenvalue weighted by Crippen LogP contribution is 2.45. The van der Waals surface area contributed by atoms with Crippen LogP contribution in [0.25, 0.3) is 44.7 Å². The lowest BCUT2D eigenvalue weighted by Gasteiger charge is -2.18. The van der Waals surface area contributed by atoms with Crippen molar-refractivity contribution in [2.45, 2.75) is 149 Å². The molecule has 12 heterocycles. The van der Waals surface area contributed by atoms with E-state index in [1.807, 2.05) is 0 Å². The van der Waals surface area contributed by atoms with Gasteiger partial charge in [0.15, 0.2) is 75.7 Å². The number of hydrogen-bond donors (Lipinski definition) is 8. The Morgan fingerprint density at radius 3 is 0.979 bits per heavy atom. The van der Waals surface area contributed by atoms with E-state index < -0.39 is 99.9 Å². The van der Waals surface area contributed by atoms with Crippen molar-refractivity contribution in [3.63, 3.8) is 0 Å². The highest BCUT2D eigenvalue weighted by molar-refractivity contribution is 9.09. The number of aromatic amines is 4. The first-order chi connectivity index (χ1) is 44.7. The maximum Gasteiger partial charge on any atom is 0.279 e. The summed E-state index contributed by atoms with van der Waals surface area (Å²) in [6.07, 6.45) is 19.4. The van der Waals surface area contributed by atoms with E-state index in [1.165, 1.54) is 23.5 Å². The third-order valence-corrected chi connectivity index (χ3v) is 24.4. The quantitative estimate of drug-likeness (QED) is 0.0440. The summed E-state index contributed by atoms with van der Waals surface area (Å²) < 4.78 is 44.8. The molecule has 0 radical (unpaired) electrons. The smallest absolute Gasteiger partial charge is 0.279 e. The lowest BCUT2D eigenvalue weighted by atomic mass is 10.1. The van der Waals surface area contributed by atoms with Crippen LogP contribution >= 0.6 is 66.7 Å². The summed E-state index contributed by atoms with van der Waals surface area (Å²) in [6, 6.07) is 0. The minimum Gasteiger partial charge on any atom is -0.389 e. The fourth-order valence-corrected chi connectivity index (χ4v) is 16.7. The molecular weight excluding hydrogens is 1430 g/mol. The van der Waals surface area contributed by atoms with Gasteiger partial charge < -0.3 is 59.3 Å². The molecule has 0 spiro atoms. The van der Waals surface area contributed by atoms with Crippen LogP contribution in [0, 0.1) is 27.7 Å². The van der Waals surface area contributed by atoms with Crippen molar-refractivity contribution in [2.24, 2.45) is 0 Å². The molecule has 4 aliphatic rings. The van der Waals surface area contributed by atoms with E-state index in [0.717, 1.165) is 31.1 Å². The van der Waals surface area contributed by atoms with Crippen molar-refractivity contribution in [3.05, 3.63) is 90.0 Å². The van der Waals surface area contributed by atoms with Crippen molar-refractivity contribution in [3.8, 4) is 0 Å². The number of H-pyrrole nitrogens is 4. The summed E-state index contributed by atoms with van der Waals surface area (Å²) in [5.41, 5.74) is 1.12. The van der Waals surface area contributed by atoms with Crippen LogP contribution < -0.4 is 22.2 Å². The van der Waals surface area contributed by atoms with Crippen LogP contribution in [0.5, 0.6) is 0 Å². The molecule has 0 unspecified atom stereocenters. The Morgan fingerprint density at radius 2 is 0.688 bits per heavy atom. The summed E-state index contributed by atoms with van der Waals surface area (Å²) in [5, 5.41) is 40.2. The van der Waals surface area contributed by atoms with Gasteiger partial charge in [-0.1, -0.05) is 15.9 Å². The molecule has 16 atom stereocenters. The lowest BCUT2D eigenvalue weighted by molar-refractivity contribution is -0.0234. The van der Waals surface area contributed by atoms with Gasteiger partial charge in [0, 0.05) is 0 Å². The Hall–Kier alpha value is -4.73. The first-order valence-corrected chi connectivity index (χ1v) is 45.0. The average Bonchev–Trinajstić information content (AvgIpc) is 1.66. The molecule has 12 rings (SSSR count). The third kappa shape index (κ3) is 17.5. The average molecular weight is 1520 g/mol. The van der Waals surface area contributed by atoms with Gasteiger partial charge in [-0.05, 0) is 131 Å². The molecule has 4 saturated heterocycles. The Morgan fingerprint density at radius 1 is 0.448 bits per heavy atom. The van der Waals surface area contributed by atoms with Crippen molar-refractivity contribution in [2.75, 3.05) is 78.0 Å². The second kappa shape index (κ2) is 29.8. The van der Waals surface area contributed by atoms with Crippen molar-refractivity contribution < 1.29 is 43.8 Å². The number of aromatic nitrogens is 16. The number of halogens is 4. The molecular formula is C60H88BrCl2FN16O12P4. The van der Waals surface area contributed by atoms with Crippen molar-refractivity contribution in [1.82, 2.24) is 78.1 Å². The van der Waals surface area contributed by atoms with E-state index in [1.54, 1.807) is 47.7 Å². The van der Waals surface area contributed by atoms with E-state index in [9.17, 15) is 44.0 Å². The first-order valence-electron chi connectivity index (χ1n) is 31.0. The molecule has 28 nitrogen and oxygen atoms in total. The largest absolute Gasteiger partial charge is 0.389 e. The third-order valence-electron chi connectivity index (χ3n) is 16.6. The van der Waals surface area contributed by atoms with E-state index in [4.69, 9.17) is 42.1 Å². The van der Waals surface area contributed by atoms with Gasteiger partial charge in [0.2, 0.25) is 0 Å². The zero-order chi connectivity index (χ0) is 70.6. The molecule has 8 aromatic rings. The molecule has 0 saturated carbocycles. The second-order valence-corrected chi connectivity index (χ2v) is 47.0. The summed E-state index contributed by atoms with van der Waals surface area (Å²) in [7, 11) is 0. The predicted octanol–water partition coefficient (Wildman–Crippen LogP) is 5.46. The number of aliphatic hydroxyl groups is 4. The molecule has 0 aromatic carbocycles. The van der Waals surface area contributed by atoms with E-state index >= 15 is 0 Å². The maximum atomic E-state index is 14.6. The standard InChI is InChI=1S/C15H22BrN4O3P.2C15H22ClN4O3P.C15H22FN4O3P/c4*1-8-18-13-11(14(22)19-8)17-7-20(13)15-10(16)12(21)9(23-15)5-6-24(2,3)4/h4*7,9-10,12,15,21H,2,5-6H2,1,3-4H3,(H,18,19,22)/t4*9-,10-,12-,15-/m1111/s1. The number of rotatable bonds is 16. The molecule has 4 aliphatic heterocycles. The zero-order valence-corrected chi connectivity index (χ0v) is 62.4. The van der Waals surface area contributed by atoms with Crippen LogP contribution in [-0.4, -0.2) is 272 Å². The molecule has 4 fully saturated rings. The zero-order valence-electron chi connectivity index (χ0n) is 55.8. The van der Waals surface area contributed by atoms with Gasteiger partial charge in [-0.15, -0.1) is 75.9 Å². The highest BCUT2D eigenvalue weighted by Gasteiger charge is 2.48. The van der Waals surface area contributed by atoms with Gasteiger partial charge in [-0.2, -0.15) is 0 Å². The Kier molecular flexibility index (Phi) is 23.5. The van der Waals surface area contributed by atoms with Gasteiger partial charge in [-0.25, -0.2) is 44.3 Å². The maximum absolute atomic E-state index is 14.6. The Bertz CT molecular complexity index is 4010. The number of fused-ring (bicyclic) bond motifs is 4. The minimum absolute atomic E-state index is 0.124. The Labute approximate surface area is 572 Å². The number of nitrogens with one attached hydrogen (secondary N) is 4. The number of aryl methyl sites for hydroxylation is 4. The monoisotopic (exact) mass is 1520 g/mol. The van der Waals surface area contributed by atoms with E-state index in [2.05, 4.69) is 154 Å². The molecule has 96 heavy (non-hydrogen) atoms. The van der Waals surface area contributed by atoms with Gasteiger partial charge >= 0.3 is 0 Å². The number of nitrogens with zero attached hydrogens (tertiary/aromatic N) is 12. The van der Waals surface area contributed by atoms with Crippen LogP contribution in [0.4, 0.5) is 4.39 Å². The summed E-state index contributed by atoms with van der Waals surface area (Å²) >= 11 is 16.3. The molecule has 0 amide bonds. The summed E-state index contributed by atoms with van der Waals surface area (Å²) in [4.78, 5) is 91.5. The lowest BCUT2D eigenvalue weighted by Crippen LogP contribution is -2.29. The molecule has 8 N–H and O–H groups in total. The first kappa shape index (κ1) is 75.5. The van der Waals surface area contributed by atoms with Crippen molar-refractivity contribution in [1.29, 1.82) is 0 Å². The SMILES string of the molecule is C=P(C)(C)CC[C@H]1O[C@@H](n2cnc3c(=O)[nH]c(C)nc32)[C@H](Br)[C@@H]1O.C=P(C)(C)CC[C@H]1O[C@@H](n2cnc3c(=O)[nH]c(C)nc32)[C@H](Cl)[C@@H]1O.C=P(C)(C)CC[C@H]1O[C@@H](n2cnc3c(=O)[nH]c(C)nc32)[C@H](Cl)[C@@H]1O.C=P(C)(C)CC[C@H]1O[C@@H](n2cnc3c(=O)[nH]c(C)nc32)[C@H](F)[C@@H]1O. The predicted molar refractivity (Wildman–Crippen MR) is 390 cm³/mol. The van der Waals surface area contributed by atoms with Crippen LogP contribution in [0.15, 0.2) is 44.5 Å². The van der Waals surface area contributed by atoms with Gasteiger partial charge in [0.1, 0.15) is 52.4 Å². The number of aliphatic hydroxyl groups excluding tert-OH is 4. The van der Waals surface area contributed by atoms with E-state index in [-0.39, 0.29) is 73.1 Å². The van der Waals surface area contributed by atoms with Gasteiger partial charge in [-0.3, -0.25) is 37.4 Å². The fourth-order valence-electron chi connectivity index (χ4n) is 11.5. The molecule has 0 aliphatic carbocycles. The summed E-state index contributed by atoms with van der Waals surface area (Å²) in [6.45, 7) is 19.0. The Balaban J connectivity index is 0.000000150. The fraction of sp³-hybridized carbons (Fsp3) is 0.600.